The van der Waals surface area contributed by atoms with Crippen LogP contribution in [0.15, 0.2) is 0 Å². The Hall–Kier alpha value is -0.440. The summed E-state index contributed by atoms with van der Waals surface area (Å²) in [6.07, 6.45) is 1.99. The molecule has 4 heteroatoms. The number of rotatable bonds is 2. The number of hydrogen-bond acceptors (Lipinski definition) is 2. The van der Waals surface area contributed by atoms with Crippen molar-refractivity contribution >= 4 is 17.8 Å². The van der Waals surface area contributed by atoms with E-state index in [2.05, 4.69) is 18.6 Å². The van der Waals surface area contributed by atoms with E-state index < -0.39 is 11.7 Å². The Morgan fingerprint density at radius 3 is 2.71 bits per heavy atom. The lowest BCUT2D eigenvalue weighted by Gasteiger charge is -2.34. The van der Waals surface area contributed by atoms with Gasteiger partial charge in [0, 0.05) is 5.92 Å². The van der Waals surface area contributed by atoms with E-state index in [1.54, 1.807) is 0 Å². The van der Waals surface area contributed by atoms with E-state index in [1.165, 1.54) is 6.42 Å². The normalized spacial score (nSPS) is 34.9. The molecule has 0 aromatic carbocycles. The van der Waals surface area contributed by atoms with Crippen LogP contribution in [-0.4, -0.2) is 16.8 Å². The van der Waals surface area contributed by atoms with E-state index in [0.717, 1.165) is 12.8 Å². The zero-order valence-corrected chi connectivity index (χ0v) is 9.33. The van der Waals surface area contributed by atoms with Crippen LogP contribution >= 0.6 is 11.6 Å². The van der Waals surface area contributed by atoms with Crippen LogP contribution in [-0.2, 0) is 4.74 Å². The van der Waals surface area contributed by atoms with Crippen LogP contribution in [0, 0.1) is 17.8 Å². The van der Waals surface area contributed by atoms with E-state index in [1.807, 2.05) is 0 Å². The van der Waals surface area contributed by atoms with Gasteiger partial charge < -0.3 is 9.84 Å². The highest BCUT2D eigenvalue weighted by Crippen LogP contribution is 2.37. The zero-order valence-electron chi connectivity index (χ0n) is 8.57. The molecule has 0 spiro atoms. The van der Waals surface area contributed by atoms with Gasteiger partial charge in [0.05, 0.1) is 0 Å². The fraction of sp³-hybridized carbons (Fsp3) is 0.900. The Kier molecular flexibility index (Phi) is 4.05. The summed E-state index contributed by atoms with van der Waals surface area (Å²) in [5, 5.41) is 8.46. The van der Waals surface area contributed by atoms with Gasteiger partial charge in [-0.2, -0.15) is 0 Å². The topological polar surface area (TPSA) is 46.5 Å². The summed E-state index contributed by atoms with van der Waals surface area (Å²) in [5.41, 5.74) is -0.690. The van der Waals surface area contributed by atoms with Crippen molar-refractivity contribution in [2.45, 2.75) is 38.7 Å². The highest BCUT2D eigenvalue weighted by atomic mass is 35.5. The van der Waals surface area contributed by atoms with Crippen LogP contribution in [0.25, 0.3) is 0 Å². The van der Waals surface area contributed by atoms with Gasteiger partial charge in [-0.25, -0.2) is 4.79 Å². The molecule has 0 heterocycles. The molecule has 1 fully saturated rings. The molecule has 0 aromatic heterocycles. The van der Waals surface area contributed by atoms with Crippen LogP contribution in [0.4, 0.5) is 4.79 Å². The molecule has 1 N–H and O–H groups in total. The van der Waals surface area contributed by atoms with E-state index in [4.69, 9.17) is 16.7 Å². The fourth-order valence-electron chi connectivity index (χ4n) is 2.13. The van der Waals surface area contributed by atoms with Gasteiger partial charge in [0.1, 0.15) is 0 Å². The third-order valence-corrected chi connectivity index (χ3v) is 3.48. The first-order chi connectivity index (χ1) is 6.50. The third-order valence-electron chi connectivity index (χ3n) is 3.07. The van der Waals surface area contributed by atoms with Gasteiger partial charge in [-0.05, 0) is 18.3 Å². The highest BCUT2D eigenvalue weighted by Gasteiger charge is 2.32. The predicted molar refractivity (Wildman–Crippen MR) is 54.4 cm³/mol. The van der Waals surface area contributed by atoms with Crippen LogP contribution in [0.2, 0.25) is 0 Å². The molecular formula is C10H17ClO3. The second-order valence-electron chi connectivity index (χ2n) is 4.29. The van der Waals surface area contributed by atoms with Gasteiger partial charge in [-0.15, -0.1) is 0 Å². The lowest BCUT2D eigenvalue weighted by atomic mass is 9.76. The highest BCUT2D eigenvalue weighted by molar-refractivity contribution is 6.20. The first-order valence-electron chi connectivity index (χ1n) is 5.04. The summed E-state index contributed by atoms with van der Waals surface area (Å²) in [6, 6.07) is 0. The monoisotopic (exact) mass is 220 g/mol. The molecule has 0 amide bonds. The quantitative estimate of drug-likeness (QED) is 0.574. The summed E-state index contributed by atoms with van der Waals surface area (Å²) in [6.45, 7) is 4.28. The van der Waals surface area contributed by atoms with E-state index in [-0.39, 0.29) is 5.92 Å². The number of ether oxygens (including phenoxy) is 1. The molecular weight excluding hydrogens is 204 g/mol. The number of halogens is 1. The van der Waals surface area contributed by atoms with Gasteiger partial charge in [-0.1, -0.05) is 38.3 Å². The minimum atomic E-state index is -1.28. The molecule has 1 saturated carbocycles. The Morgan fingerprint density at radius 2 is 2.14 bits per heavy atom. The van der Waals surface area contributed by atoms with Crippen molar-refractivity contribution in [3.63, 3.8) is 0 Å². The minimum Gasteiger partial charge on any atom is -0.450 e. The molecule has 1 aliphatic carbocycles. The van der Waals surface area contributed by atoms with Crippen LogP contribution in [0.5, 0.6) is 0 Å². The maximum atomic E-state index is 10.3. The van der Waals surface area contributed by atoms with Crippen molar-refractivity contribution in [2.75, 3.05) is 0 Å². The predicted octanol–water partition coefficient (Wildman–Crippen LogP) is 3.32. The van der Waals surface area contributed by atoms with Gasteiger partial charge in [-0.3, -0.25) is 0 Å². The molecule has 4 atom stereocenters. The van der Waals surface area contributed by atoms with Gasteiger partial charge in [0.15, 0.2) is 5.56 Å². The maximum absolute atomic E-state index is 10.3. The number of alkyl halides is 1. The molecule has 0 aromatic rings. The molecule has 14 heavy (non-hydrogen) atoms. The summed E-state index contributed by atoms with van der Waals surface area (Å²) in [4.78, 5) is 10.3. The minimum absolute atomic E-state index is 0.163. The van der Waals surface area contributed by atoms with Crippen molar-refractivity contribution in [2.24, 2.45) is 17.8 Å². The Labute approximate surface area is 89.4 Å². The van der Waals surface area contributed by atoms with Crippen molar-refractivity contribution in [3.8, 4) is 0 Å². The SMILES string of the molecule is CC1CCC(C)C(C(Cl)OC(=O)O)C1. The van der Waals surface area contributed by atoms with Gasteiger partial charge in [0.25, 0.3) is 0 Å². The summed E-state index contributed by atoms with van der Waals surface area (Å²) in [5.74, 6) is 1.24. The smallest absolute Gasteiger partial charge is 0.450 e. The largest absolute Gasteiger partial charge is 0.507 e. The molecule has 3 nitrogen and oxygen atoms in total. The average molecular weight is 221 g/mol. The second-order valence-corrected chi connectivity index (χ2v) is 4.72. The van der Waals surface area contributed by atoms with Crippen molar-refractivity contribution in [1.82, 2.24) is 0 Å². The molecule has 82 valence electrons. The molecule has 0 bridgehead atoms. The van der Waals surface area contributed by atoms with Gasteiger partial charge >= 0.3 is 6.16 Å². The van der Waals surface area contributed by atoms with Crippen molar-refractivity contribution < 1.29 is 14.6 Å². The van der Waals surface area contributed by atoms with Crippen LogP contribution < -0.4 is 0 Å². The first kappa shape index (κ1) is 11.6. The van der Waals surface area contributed by atoms with E-state index >= 15 is 0 Å². The summed E-state index contributed by atoms with van der Waals surface area (Å²) >= 11 is 5.91. The summed E-state index contributed by atoms with van der Waals surface area (Å²) < 4.78 is 4.59. The number of carbonyl (C=O) groups is 1. The zero-order chi connectivity index (χ0) is 10.7. The fourth-order valence-corrected chi connectivity index (χ4v) is 2.55. The lowest BCUT2D eigenvalue weighted by molar-refractivity contribution is 0.0315. The van der Waals surface area contributed by atoms with Gasteiger partial charge in [0.2, 0.25) is 0 Å². The number of carboxylic acid groups (broad SMARTS) is 1. The van der Waals surface area contributed by atoms with Crippen molar-refractivity contribution in [1.29, 1.82) is 0 Å². The standard InChI is InChI=1S/C10H17ClO3/c1-6-3-4-7(2)8(5-6)9(11)14-10(12)13/h6-9H,3-5H2,1-2H3,(H,12,13). The average Bonchev–Trinajstić information content (AvgIpc) is 2.08. The molecule has 0 saturated heterocycles. The molecule has 1 rings (SSSR count). The Bertz CT molecular complexity index is 208. The van der Waals surface area contributed by atoms with E-state index in [0.29, 0.717) is 11.8 Å². The van der Waals surface area contributed by atoms with Crippen LogP contribution in [0.3, 0.4) is 0 Å². The third kappa shape index (κ3) is 3.05. The number of hydrogen-bond donors (Lipinski definition) is 1. The lowest BCUT2D eigenvalue weighted by Crippen LogP contribution is -2.31. The van der Waals surface area contributed by atoms with Crippen LogP contribution in [0.1, 0.15) is 33.1 Å². The Balaban J connectivity index is 2.51. The first-order valence-corrected chi connectivity index (χ1v) is 5.48. The molecule has 0 aliphatic heterocycles. The molecule has 0 radical (unpaired) electrons. The summed E-state index contributed by atoms with van der Waals surface area (Å²) in [7, 11) is 0. The van der Waals surface area contributed by atoms with E-state index in [9.17, 15) is 4.79 Å². The Morgan fingerprint density at radius 1 is 1.50 bits per heavy atom. The molecule has 1 aliphatic rings. The van der Waals surface area contributed by atoms with Crippen molar-refractivity contribution in [3.05, 3.63) is 0 Å². The maximum Gasteiger partial charge on any atom is 0.507 e. The molecule has 4 unspecified atom stereocenters. The second kappa shape index (κ2) is 4.87.